The quantitative estimate of drug-likeness (QED) is 0.486. The Hall–Kier alpha value is -0.180. The van der Waals surface area contributed by atoms with E-state index >= 15 is 0 Å². The van der Waals surface area contributed by atoms with Crippen LogP contribution in [0.25, 0.3) is 0 Å². The maximum atomic E-state index is 12.6. The molecule has 0 aliphatic carbocycles. The third-order valence-corrected chi connectivity index (χ3v) is 1.53. The molecular weight excluding hydrogens is 124 g/mol. The first-order valence-corrected chi connectivity index (χ1v) is 3.01. The first-order valence-electron chi connectivity index (χ1n) is 3.59. The van der Waals surface area contributed by atoms with Gasteiger partial charge in [-0.15, -0.1) is 0 Å². The highest BCUT2D eigenvalue weighted by molar-refractivity contribution is 4.74. The van der Waals surface area contributed by atoms with Crippen LogP contribution in [0.15, 0.2) is 0 Å². The Kier molecular flexibility index (Phi) is 1.38. The Balaban J connectivity index is 2.52. The lowest BCUT2D eigenvalue weighted by Crippen LogP contribution is -2.36. The van der Waals surface area contributed by atoms with Gasteiger partial charge in [-0.05, 0) is 7.05 Å². The van der Waals surface area contributed by atoms with Gasteiger partial charge < -0.3 is 4.90 Å². The standard InChI is InChI=1S/C6H11F2N/c1-9-4-2-6(7,8)3-5-9/h2-5H2,1H3/i2D/t2-/m0/s1. The SMILES string of the molecule is [2H][C@H]1CN(C)CCC1(F)F. The molecule has 0 bridgehead atoms. The Morgan fingerprint density at radius 3 is 2.67 bits per heavy atom. The highest BCUT2D eigenvalue weighted by Crippen LogP contribution is 2.26. The minimum absolute atomic E-state index is 0.169. The molecule has 1 aliphatic rings. The van der Waals surface area contributed by atoms with Crippen molar-refractivity contribution in [3.05, 3.63) is 0 Å². The number of hydrogen-bond donors (Lipinski definition) is 0. The summed E-state index contributed by atoms with van der Waals surface area (Å²) in [6.45, 7) is 0.593. The third kappa shape index (κ3) is 1.90. The van der Waals surface area contributed by atoms with Crippen molar-refractivity contribution in [2.45, 2.75) is 18.7 Å². The molecule has 1 heterocycles. The lowest BCUT2D eigenvalue weighted by Gasteiger charge is -2.28. The van der Waals surface area contributed by atoms with E-state index in [4.69, 9.17) is 1.37 Å². The summed E-state index contributed by atoms with van der Waals surface area (Å²) >= 11 is 0. The summed E-state index contributed by atoms with van der Waals surface area (Å²) < 4.78 is 32.1. The van der Waals surface area contributed by atoms with Crippen LogP contribution in [0, 0.1) is 0 Å². The minimum atomic E-state index is -2.76. The van der Waals surface area contributed by atoms with E-state index in [2.05, 4.69) is 0 Å². The molecule has 0 saturated carbocycles. The summed E-state index contributed by atoms with van der Waals surface area (Å²) in [4.78, 5) is 1.76. The fourth-order valence-corrected chi connectivity index (χ4v) is 0.823. The molecule has 1 rings (SSSR count). The maximum Gasteiger partial charge on any atom is 0.250 e. The van der Waals surface area contributed by atoms with Gasteiger partial charge in [0.15, 0.2) is 0 Å². The van der Waals surface area contributed by atoms with Gasteiger partial charge in [0, 0.05) is 27.3 Å². The van der Waals surface area contributed by atoms with E-state index in [9.17, 15) is 8.78 Å². The van der Waals surface area contributed by atoms with Crippen LogP contribution in [0.2, 0.25) is 0 Å². The van der Waals surface area contributed by atoms with Crippen LogP contribution in [0.3, 0.4) is 0 Å². The molecule has 0 aromatic rings. The predicted octanol–water partition coefficient (Wildman–Crippen LogP) is 1.35. The lowest BCUT2D eigenvalue weighted by atomic mass is 10.1. The number of halogens is 2. The number of rotatable bonds is 0. The van der Waals surface area contributed by atoms with Crippen LogP contribution in [0.4, 0.5) is 8.78 Å². The Bertz CT molecular complexity index is 129. The average molecular weight is 136 g/mol. The van der Waals surface area contributed by atoms with Gasteiger partial charge in [-0.2, -0.15) is 0 Å². The fourth-order valence-electron chi connectivity index (χ4n) is 0.823. The zero-order chi connectivity index (χ0) is 7.78. The molecule has 0 amide bonds. The molecule has 0 aromatic heterocycles. The van der Waals surface area contributed by atoms with Crippen molar-refractivity contribution in [1.82, 2.24) is 4.90 Å². The van der Waals surface area contributed by atoms with Crippen LogP contribution in [-0.2, 0) is 0 Å². The second-order valence-corrected chi connectivity index (χ2v) is 2.48. The van der Waals surface area contributed by atoms with Gasteiger partial charge in [-0.1, -0.05) is 0 Å². The van der Waals surface area contributed by atoms with Crippen molar-refractivity contribution in [3.63, 3.8) is 0 Å². The van der Waals surface area contributed by atoms with Crippen molar-refractivity contribution in [2.75, 3.05) is 20.1 Å². The number of likely N-dealkylation sites (tertiary alicyclic amines) is 1. The molecule has 0 aromatic carbocycles. The topological polar surface area (TPSA) is 3.24 Å². The van der Waals surface area contributed by atoms with E-state index in [0.29, 0.717) is 6.54 Å². The molecule has 1 fully saturated rings. The summed E-state index contributed by atoms with van der Waals surface area (Å²) in [6.07, 6.45) is -1.40. The van der Waals surface area contributed by atoms with Gasteiger partial charge >= 0.3 is 0 Å². The fraction of sp³-hybridized carbons (Fsp3) is 1.00. The summed E-state index contributed by atoms with van der Waals surface area (Å²) in [5.41, 5.74) is 0. The van der Waals surface area contributed by atoms with Crippen LogP contribution < -0.4 is 0 Å². The molecule has 0 radical (unpaired) electrons. The minimum Gasteiger partial charge on any atom is -0.306 e. The first-order chi connectivity index (χ1) is 4.52. The van der Waals surface area contributed by atoms with Crippen molar-refractivity contribution in [2.24, 2.45) is 0 Å². The number of hydrogen-bond acceptors (Lipinski definition) is 1. The van der Waals surface area contributed by atoms with E-state index in [1.807, 2.05) is 0 Å². The van der Waals surface area contributed by atoms with Gasteiger partial charge in [-0.3, -0.25) is 0 Å². The van der Waals surface area contributed by atoms with E-state index in [-0.39, 0.29) is 13.0 Å². The van der Waals surface area contributed by atoms with Crippen molar-refractivity contribution < 1.29 is 10.2 Å². The normalized spacial score (nSPS) is 38.1. The smallest absolute Gasteiger partial charge is 0.250 e. The Morgan fingerprint density at radius 2 is 2.22 bits per heavy atom. The Labute approximate surface area is 55.1 Å². The largest absolute Gasteiger partial charge is 0.306 e. The van der Waals surface area contributed by atoms with Crippen molar-refractivity contribution >= 4 is 0 Å². The highest BCUT2D eigenvalue weighted by atomic mass is 19.3. The third-order valence-electron chi connectivity index (χ3n) is 1.53. The summed E-state index contributed by atoms with van der Waals surface area (Å²) in [6, 6.07) is 0. The zero-order valence-corrected chi connectivity index (χ0v) is 5.40. The van der Waals surface area contributed by atoms with Gasteiger partial charge in [-0.25, -0.2) is 8.78 Å². The van der Waals surface area contributed by atoms with E-state index in [1.165, 1.54) is 0 Å². The average Bonchev–Trinajstić information content (AvgIpc) is 1.81. The second-order valence-electron chi connectivity index (χ2n) is 2.48. The zero-order valence-electron chi connectivity index (χ0n) is 6.40. The molecule has 1 aliphatic heterocycles. The van der Waals surface area contributed by atoms with E-state index in [1.54, 1.807) is 11.9 Å². The van der Waals surface area contributed by atoms with Crippen LogP contribution in [0.1, 0.15) is 14.2 Å². The maximum absolute atomic E-state index is 12.6. The molecule has 1 nitrogen and oxygen atoms in total. The van der Waals surface area contributed by atoms with Crippen LogP contribution in [0.5, 0.6) is 0 Å². The summed E-state index contributed by atoms with van der Waals surface area (Å²) in [5, 5.41) is 0. The highest BCUT2D eigenvalue weighted by Gasteiger charge is 2.32. The van der Waals surface area contributed by atoms with Gasteiger partial charge in [0.25, 0.3) is 5.92 Å². The molecule has 3 heteroatoms. The first kappa shape index (κ1) is 5.59. The number of nitrogens with zero attached hydrogens (tertiary/aromatic N) is 1. The van der Waals surface area contributed by atoms with Crippen molar-refractivity contribution in [3.8, 4) is 0 Å². The van der Waals surface area contributed by atoms with Crippen LogP contribution in [-0.4, -0.2) is 31.0 Å². The molecular formula is C6H11F2N. The van der Waals surface area contributed by atoms with Gasteiger partial charge in [0.1, 0.15) is 0 Å². The van der Waals surface area contributed by atoms with Gasteiger partial charge in [0.05, 0.1) is 0 Å². The molecule has 0 spiro atoms. The monoisotopic (exact) mass is 136 g/mol. The van der Waals surface area contributed by atoms with Crippen molar-refractivity contribution in [1.29, 1.82) is 0 Å². The second kappa shape index (κ2) is 2.21. The number of alkyl halides is 2. The summed E-state index contributed by atoms with van der Waals surface area (Å²) in [5.74, 6) is -2.76. The molecule has 9 heavy (non-hydrogen) atoms. The van der Waals surface area contributed by atoms with Crippen LogP contribution >= 0.6 is 0 Å². The van der Waals surface area contributed by atoms with Gasteiger partial charge in [0.2, 0.25) is 0 Å². The molecule has 1 saturated heterocycles. The predicted molar refractivity (Wildman–Crippen MR) is 31.7 cm³/mol. The molecule has 0 N–H and O–H groups in total. The molecule has 0 unspecified atom stereocenters. The number of piperidine rings is 1. The Morgan fingerprint density at radius 1 is 1.56 bits per heavy atom. The molecule has 54 valence electrons. The van der Waals surface area contributed by atoms with E-state index in [0.717, 1.165) is 0 Å². The lowest BCUT2D eigenvalue weighted by molar-refractivity contribution is -0.0504. The molecule has 1 atom stereocenters. The van der Waals surface area contributed by atoms with E-state index < -0.39 is 12.3 Å². The summed E-state index contributed by atoms with van der Waals surface area (Å²) in [7, 11) is 1.76.